The van der Waals surface area contributed by atoms with Gasteiger partial charge in [0.2, 0.25) is 0 Å². The maximum atomic E-state index is 4.81. The first kappa shape index (κ1) is 11.0. The maximum Gasteiger partial charge on any atom is 0.0465 e. The van der Waals surface area contributed by atoms with Crippen LogP contribution in [-0.2, 0) is 0 Å². The zero-order chi connectivity index (χ0) is 12.3. The maximum absolute atomic E-state index is 4.81. The monoisotopic (exact) mass is 242 g/mol. The fraction of sp³-hybridized carbons (Fsp3) is 0.688. The van der Waals surface area contributed by atoms with Gasteiger partial charge in [0, 0.05) is 30.8 Å². The summed E-state index contributed by atoms with van der Waals surface area (Å²) in [5.74, 6) is 0.754. The van der Waals surface area contributed by atoms with E-state index in [-0.39, 0.29) is 0 Å². The number of nitrogens with zero attached hydrogens (tertiary/aromatic N) is 2. The van der Waals surface area contributed by atoms with Crippen LogP contribution in [0, 0.1) is 5.92 Å². The molecule has 4 aliphatic rings. The Labute approximate surface area is 109 Å². The van der Waals surface area contributed by atoms with Crippen LogP contribution >= 0.6 is 0 Å². The lowest BCUT2D eigenvalue weighted by Crippen LogP contribution is -2.38. The van der Waals surface area contributed by atoms with E-state index in [1.54, 1.807) is 22.3 Å². The van der Waals surface area contributed by atoms with Gasteiger partial charge in [0.25, 0.3) is 0 Å². The summed E-state index contributed by atoms with van der Waals surface area (Å²) in [6.07, 6.45) is 6.46. The van der Waals surface area contributed by atoms with Crippen molar-refractivity contribution in [2.24, 2.45) is 10.9 Å². The first-order valence-corrected chi connectivity index (χ1v) is 7.42. The van der Waals surface area contributed by atoms with Gasteiger partial charge in [0.05, 0.1) is 0 Å². The summed E-state index contributed by atoms with van der Waals surface area (Å²) in [6.45, 7) is 4.62. The second-order valence-corrected chi connectivity index (χ2v) is 6.48. The molecule has 2 atom stereocenters. The van der Waals surface area contributed by atoms with Crippen LogP contribution in [-0.4, -0.2) is 36.8 Å². The van der Waals surface area contributed by atoms with Crippen LogP contribution in [0.5, 0.6) is 0 Å². The molecule has 0 fully saturated rings. The largest absolute Gasteiger partial charge is 0.299 e. The predicted octanol–water partition coefficient (Wildman–Crippen LogP) is 2.96. The molecular weight excluding hydrogens is 220 g/mol. The van der Waals surface area contributed by atoms with Crippen LogP contribution in [0.3, 0.4) is 0 Å². The van der Waals surface area contributed by atoms with Gasteiger partial charge in [0.1, 0.15) is 0 Å². The Morgan fingerprint density at radius 1 is 1.17 bits per heavy atom. The summed E-state index contributed by atoms with van der Waals surface area (Å²) in [6, 6.07) is 0.719. The predicted molar refractivity (Wildman–Crippen MR) is 75.0 cm³/mol. The third-order valence-electron chi connectivity index (χ3n) is 5.37. The zero-order valence-electron chi connectivity index (χ0n) is 11.5. The van der Waals surface area contributed by atoms with E-state index >= 15 is 0 Å². The number of hydrogen-bond donors (Lipinski definition) is 0. The normalized spacial score (nSPS) is 35.6. The summed E-state index contributed by atoms with van der Waals surface area (Å²) < 4.78 is 0. The van der Waals surface area contributed by atoms with Crippen molar-refractivity contribution in [2.75, 3.05) is 20.1 Å². The summed E-state index contributed by atoms with van der Waals surface area (Å²) in [7, 11) is 2.28. The van der Waals surface area contributed by atoms with E-state index in [4.69, 9.17) is 4.99 Å². The first-order valence-electron chi connectivity index (χ1n) is 7.42. The topological polar surface area (TPSA) is 15.6 Å². The highest BCUT2D eigenvalue weighted by Gasteiger charge is 2.38. The molecule has 0 amide bonds. The lowest BCUT2D eigenvalue weighted by atomic mass is 9.71. The van der Waals surface area contributed by atoms with E-state index in [1.165, 1.54) is 44.4 Å². The van der Waals surface area contributed by atoms with Crippen LogP contribution < -0.4 is 0 Å². The van der Waals surface area contributed by atoms with Gasteiger partial charge in [-0.05, 0) is 62.8 Å². The number of likely N-dealkylation sites (N-methyl/N-ethyl adjacent to an activating group) is 1. The Morgan fingerprint density at radius 2 is 2.06 bits per heavy atom. The fourth-order valence-corrected chi connectivity index (χ4v) is 4.28. The van der Waals surface area contributed by atoms with E-state index in [2.05, 4.69) is 18.9 Å². The molecule has 0 aromatic carbocycles. The van der Waals surface area contributed by atoms with Gasteiger partial charge in [0.15, 0.2) is 0 Å². The summed E-state index contributed by atoms with van der Waals surface area (Å²) in [5, 5.41) is 0. The molecule has 0 aromatic heterocycles. The van der Waals surface area contributed by atoms with E-state index < -0.39 is 0 Å². The van der Waals surface area contributed by atoms with Gasteiger partial charge in [-0.1, -0.05) is 5.57 Å². The van der Waals surface area contributed by atoms with Crippen molar-refractivity contribution in [3.63, 3.8) is 0 Å². The highest BCUT2D eigenvalue weighted by atomic mass is 15.1. The highest BCUT2D eigenvalue weighted by Crippen LogP contribution is 2.46. The molecule has 0 bridgehead atoms. The second-order valence-electron chi connectivity index (χ2n) is 6.48. The van der Waals surface area contributed by atoms with Gasteiger partial charge in [-0.25, -0.2) is 0 Å². The molecule has 2 aliphatic carbocycles. The molecule has 0 aromatic rings. The van der Waals surface area contributed by atoms with E-state index in [0.29, 0.717) is 0 Å². The van der Waals surface area contributed by atoms with Crippen LogP contribution in [0.15, 0.2) is 27.3 Å². The minimum Gasteiger partial charge on any atom is -0.299 e. The summed E-state index contributed by atoms with van der Waals surface area (Å²) >= 11 is 0. The number of rotatable bonds is 0. The Kier molecular flexibility index (Phi) is 2.32. The van der Waals surface area contributed by atoms with E-state index in [0.717, 1.165) is 18.5 Å². The molecule has 4 rings (SSSR count). The molecule has 0 saturated heterocycles. The van der Waals surface area contributed by atoms with Crippen molar-refractivity contribution < 1.29 is 0 Å². The molecule has 2 heterocycles. The lowest BCUT2D eigenvalue weighted by Gasteiger charge is -2.40. The molecule has 0 N–H and O–H groups in total. The van der Waals surface area contributed by atoms with Crippen molar-refractivity contribution in [3.8, 4) is 0 Å². The molecule has 2 heteroatoms. The molecule has 96 valence electrons. The Balaban J connectivity index is 1.82. The molecule has 2 aliphatic heterocycles. The van der Waals surface area contributed by atoms with Crippen molar-refractivity contribution in [2.45, 2.75) is 45.1 Å². The van der Waals surface area contributed by atoms with Crippen LogP contribution in [0.25, 0.3) is 0 Å². The van der Waals surface area contributed by atoms with Crippen LogP contribution in [0.4, 0.5) is 0 Å². The third-order valence-corrected chi connectivity index (χ3v) is 5.37. The molecule has 0 saturated carbocycles. The van der Waals surface area contributed by atoms with Crippen molar-refractivity contribution in [1.29, 1.82) is 0 Å². The molecule has 2 unspecified atom stereocenters. The third kappa shape index (κ3) is 1.41. The number of fused-ring (bicyclic) bond motifs is 1. The van der Waals surface area contributed by atoms with Gasteiger partial charge < -0.3 is 0 Å². The Hall–Kier alpha value is -0.890. The first-order chi connectivity index (χ1) is 8.74. The molecule has 18 heavy (non-hydrogen) atoms. The van der Waals surface area contributed by atoms with Gasteiger partial charge in [-0.15, -0.1) is 0 Å². The van der Waals surface area contributed by atoms with Crippen molar-refractivity contribution in [3.05, 3.63) is 22.3 Å². The Morgan fingerprint density at radius 3 is 2.94 bits per heavy atom. The minimum atomic E-state index is 0.719. The second kappa shape index (κ2) is 3.80. The van der Waals surface area contributed by atoms with Gasteiger partial charge >= 0.3 is 0 Å². The van der Waals surface area contributed by atoms with Crippen LogP contribution in [0.2, 0.25) is 0 Å². The SMILES string of the molecule is CC1CC2=C(CN1C)C1=C3C(=NCC3C2)CCC1. The average Bonchev–Trinajstić information content (AvgIpc) is 2.77. The fourth-order valence-electron chi connectivity index (χ4n) is 4.28. The molecule has 0 spiro atoms. The van der Waals surface area contributed by atoms with Crippen molar-refractivity contribution >= 4 is 5.71 Å². The van der Waals surface area contributed by atoms with Gasteiger partial charge in [-0.3, -0.25) is 9.89 Å². The minimum absolute atomic E-state index is 0.719. The van der Waals surface area contributed by atoms with Crippen molar-refractivity contribution in [1.82, 2.24) is 4.90 Å². The standard InChI is InChI=1S/C16H22N2/c1-10-6-11-7-12-8-17-15-5-3-4-13(16(12)15)14(11)9-18(10)2/h10,12H,3-9H2,1-2H3. The average molecular weight is 242 g/mol. The lowest BCUT2D eigenvalue weighted by molar-refractivity contribution is 0.255. The smallest absolute Gasteiger partial charge is 0.0465 e. The Bertz CT molecular complexity index is 495. The van der Waals surface area contributed by atoms with E-state index in [9.17, 15) is 0 Å². The summed E-state index contributed by atoms with van der Waals surface area (Å²) in [4.78, 5) is 7.34. The molecule has 0 radical (unpaired) electrons. The van der Waals surface area contributed by atoms with E-state index in [1.807, 2.05) is 0 Å². The summed E-state index contributed by atoms with van der Waals surface area (Å²) in [5.41, 5.74) is 8.33. The zero-order valence-corrected chi connectivity index (χ0v) is 11.5. The highest BCUT2D eigenvalue weighted by molar-refractivity contribution is 6.04. The molecular formula is C16H22N2. The van der Waals surface area contributed by atoms with Gasteiger partial charge in [-0.2, -0.15) is 0 Å². The van der Waals surface area contributed by atoms with Crippen LogP contribution in [0.1, 0.15) is 39.0 Å². The number of aliphatic imine (C=N–C) groups is 1. The number of hydrogen-bond acceptors (Lipinski definition) is 2. The molecule has 2 nitrogen and oxygen atoms in total. The quantitative estimate of drug-likeness (QED) is 0.637.